The zero-order valence-corrected chi connectivity index (χ0v) is 16.8. The van der Waals surface area contributed by atoms with Gasteiger partial charge in [-0.05, 0) is 36.8 Å². The van der Waals surface area contributed by atoms with Gasteiger partial charge in [0.05, 0.1) is 9.82 Å². The maximum absolute atomic E-state index is 13.7. The third-order valence-corrected chi connectivity index (χ3v) is 6.01. The first-order valence-electron chi connectivity index (χ1n) is 8.87. The number of sulfone groups is 1. The van der Waals surface area contributed by atoms with Gasteiger partial charge in [-0.25, -0.2) is 12.8 Å². The van der Waals surface area contributed by atoms with Crippen molar-refractivity contribution in [3.05, 3.63) is 63.5 Å². The monoisotopic (exact) mass is 421 g/mol. The Hall–Kier alpha value is -3.01. The largest absolute Gasteiger partial charge is 0.362 e. The van der Waals surface area contributed by atoms with Crippen molar-refractivity contribution in [3.8, 4) is 0 Å². The number of carbonyl (C=O) groups excluding carboxylic acids is 1. The number of piperazine rings is 1. The van der Waals surface area contributed by atoms with Gasteiger partial charge in [-0.15, -0.1) is 0 Å². The Bertz CT molecular complexity index is 1080. The number of rotatable bonds is 4. The van der Waals surface area contributed by atoms with Crippen LogP contribution in [0.25, 0.3) is 0 Å². The third kappa shape index (κ3) is 4.37. The van der Waals surface area contributed by atoms with Crippen LogP contribution >= 0.6 is 0 Å². The molecule has 154 valence electrons. The first-order chi connectivity index (χ1) is 13.6. The van der Waals surface area contributed by atoms with Gasteiger partial charge in [-0.2, -0.15) is 0 Å². The molecule has 1 fully saturated rings. The summed E-state index contributed by atoms with van der Waals surface area (Å²) in [5, 5.41) is 11.4. The number of aryl methyl sites for hydroxylation is 1. The average Bonchev–Trinajstić information content (AvgIpc) is 2.68. The molecule has 1 heterocycles. The highest BCUT2D eigenvalue weighted by Crippen LogP contribution is 2.31. The van der Waals surface area contributed by atoms with Crippen LogP contribution < -0.4 is 4.90 Å². The summed E-state index contributed by atoms with van der Waals surface area (Å²) in [7, 11) is -3.57. The number of benzene rings is 2. The van der Waals surface area contributed by atoms with Crippen molar-refractivity contribution in [1.82, 2.24) is 4.90 Å². The smallest absolute Gasteiger partial charge is 0.293 e. The van der Waals surface area contributed by atoms with Crippen molar-refractivity contribution in [2.45, 2.75) is 11.8 Å². The molecule has 0 saturated carbocycles. The number of amides is 1. The molecule has 0 aromatic heterocycles. The lowest BCUT2D eigenvalue weighted by Gasteiger charge is -2.36. The molecule has 0 unspecified atom stereocenters. The first-order valence-corrected chi connectivity index (χ1v) is 10.8. The van der Waals surface area contributed by atoms with Crippen molar-refractivity contribution in [2.24, 2.45) is 0 Å². The lowest BCUT2D eigenvalue weighted by Crippen LogP contribution is -2.49. The van der Waals surface area contributed by atoms with E-state index in [2.05, 4.69) is 0 Å². The summed E-state index contributed by atoms with van der Waals surface area (Å²) in [4.78, 5) is 26.6. The molecule has 0 spiro atoms. The lowest BCUT2D eigenvalue weighted by atomic mass is 10.1. The van der Waals surface area contributed by atoms with Crippen molar-refractivity contribution >= 4 is 27.1 Å². The molecule has 8 nitrogen and oxygen atoms in total. The summed E-state index contributed by atoms with van der Waals surface area (Å²) < 4.78 is 37.1. The van der Waals surface area contributed by atoms with Gasteiger partial charge in [-0.3, -0.25) is 14.9 Å². The van der Waals surface area contributed by atoms with E-state index in [1.807, 2.05) is 0 Å². The minimum absolute atomic E-state index is 0.122. The van der Waals surface area contributed by atoms with E-state index in [1.165, 1.54) is 18.2 Å². The summed E-state index contributed by atoms with van der Waals surface area (Å²) in [6, 6.07) is 8.13. The molecule has 10 heteroatoms. The molecule has 0 atom stereocenters. The summed E-state index contributed by atoms with van der Waals surface area (Å²) in [6.07, 6.45) is 0.990. The zero-order chi connectivity index (χ0) is 21.3. The zero-order valence-electron chi connectivity index (χ0n) is 16.0. The molecule has 1 aliphatic heterocycles. The highest BCUT2D eigenvalue weighted by atomic mass is 32.2. The quantitative estimate of drug-likeness (QED) is 0.555. The van der Waals surface area contributed by atoms with E-state index in [9.17, 15) is 27.7 Å². The maximum Gasteiger partial charge on any atom is 0.293 e. The molecule has 0 radical (unpaired) electrons. The topological polar surface area (TPSA) is 101 Å². The summed E-state index contributed by atoms with van der Waals surface area (Å²) >= 11 is 0. The molecule has 3 rings (SSSR count). The minimum atomic E-state index is -3.57. The molecule has 0 N–H and O–H groups in total. The van der Waals surface area contributed by atoms with Crippen molar-refractivity contribution in [2.75, 3.05) is 37.3 Å². The Kier molecular flexibility index (Phi) is 5.56. The van der Waals surface area contributed by atoms with E-state index in [0.29, 0.717) is 37.4 Å². The normalized spacial score (nSPS) is 14.7. The Morgan fingerprint density at radius 2 is 1.76 bits per heavy atom. The predicted octanol–water partition coefficient (Wildman–Crippen LogP) is 2.41. The standard InChI is InChI=1S/C19H20FN3O5S/c1-13-3-4-14(11-16(13)20)19(24)22-9-7-21(8-10-22)17-6-5-15(29(2,27)28)12-18(17)23(25)26/h3-6,11-12H,7-10H2,1-2H3. The summed E-state index contributed by atoms with van der Waals surface area (Å²) in [5.41, 5.74) is 0.713. The van der Waals surface area contributed by atoms with Gasteiger partial charge in [0, 0.05) is 44.1 Å². The van der Waals surface area contributed by atoms with Gasteiger partial charge in [0.1, 0.15) is 11.5 Å². The molecule has 29 heavy (non-hydrogen) atoms. The van der Waals surface area contributed by atoms with Crippen LogP contribution in [-0.2, 0) is 9.84 Å². The predicted molar refractivity (Wildman–Crippen MR) is 105 cm³/mol. The highest BCUT2D eigenvalue weighted by Gasteiger charge is 2.27. The van der Waals surface area contributed by atoms with Crippen LogP contribution in [-0.4, -0.2) is 56.6 Å². The van der Waals surface area contributed by atoms with E-state index in [-0.39, 0.29) is 22.1 Å². The number of nitrogens with zero attached hydrogens (tertiary/aromatic N) is 3. The number of anilines is 1. The van der Waals surface area contributed by atoms with E-state index in [4.69, 9.17) is 0 Å². The molecule has 1 saturated heterocycles. The fourth-order valence-corrected chi connectivity index (χ4v) is 3.85. The Morgan fingerprint density at radius 1 is 1.10 bits per heavy atom. The first kappa shape index (κ1) is 20.7. The Morgan fingerprint density at radius 3 is 2.31 bits per heavy atom. The van der Waals surface area contributed by atoms with Gasteiger partial charge in [0.2, 0.25) is 0 Å². The second-order valence-corrected chi connectivity index (χ2v) is 8.94. The molecule has 2 aromatic rings. The molecular formula is C19H20FN3O5S. The second-order valence-electron chi connectivity index (χ2n) is 6.92. The third-order valence-electron chi connectivity index (χ3n) is 4.90. The molecule has 0 bridgehead atoms. The van der Waals surface area contributed by atoms with Gasteiger partial charge < -0.3 is 9.80 Å². The van der Waals surface area contributed by atoms with E-state index in [1.54, 1.807) is 28.9 Å². The number of nitro groups is 1. The average molecular weight is 421 g/mol. The maximum atomic E-state index is 13.7. The van der Waals surface area contributed by atoms with Crippen LogP contribution in [0, 0.1) is 22.9 Å². The number of hydrogen-bond donors (Lipinski definition) is 0. The number of hydrogen-bond acceptors (Lipinski definition) is 6. The minimum Gasteiger partial charge on any atom is -0.362 e. The number of carbonyl (C=O) groups is 1. The molecule has 2 aromatic carbocycles. The van der Waals surface area contributed by atoms with Crippen molar-refractivity contribution in [1.29, 1.82) is 0 Å². The van der Waals surface area contributed by atoms with Gasteiger partial charge in [0.15, 0.2) is 9.84 Å². The molecule has 1 amide bonds. The van der Waals surface area contributed by atoms with Gasteiger partial charge in [-0.1, -0.05) is 6.07 Å². The molecule has 1 aliphatic rings. The van der Waals surface area contributed by atoms with E-state index in [0.717, 1.165) is 12.3 Å². The Balaban J connectivity index is 1.77. The number of halogens is 1. The van der Waals surface area contributed by atoms with Crippen LogP contribution in [0.4, 0.5) is 15.8 Å². The highest BCUT2D eigenvalue weighted by molar-refractivity contribution is 7.90. The van der Waals surface area contributed by atoms with Crippen LogP contribution in [0.2, 0.25) is 0 Å². The van der Waals surface area contributed by atoms with E-state index >= 15 is 0 Å². The van der Waals surface area contributed by atoms with Crippen LogP contribution in [0.5, 0.6) is 0 Å². The fourth-order valence-electron chi connectivity index (χ4n) is 3.21. The van der Waals surface area contributed by atoms with Crippen molar-refractivity contribution in [3.63, 3.8) is 0 Å². The van der Waals surface area contributed by atoms with Crippen LogP contribution in [0.3, 0.4) is 0 Å². The summed E-state index contributed by atoms with van der Waals surface area (Å²) in [6.45, 7) is 2.89. The second kappa shape index (κ2) is 7.78. The molecule has 0 aliphatic carbocycles. The SMILES string of the molecule is Cc1ccc(C(=O)N2CCN(c3ccc(S(C)(=O)=O)cc3[N+](=O)[O-])CC2)cc1F. The van der Waals surface area contributed by atoms with Gasteiger partial charge in [0.25, 0.3) is 11.6 Å². The van der Waals surface area contributed by atoms with Crippen LogP contribution in [0.1, 0.15) is 15.9 Å². The molecular weight excluding hydrogens is 401 g/mol. The Labute approximate surface area is 167 Å². The van der Waals surface area contributed by atoms with Crippen LogP contribution in [0.15, 0.2) is 41.3 Å². The number of nitro benzene ring substituents is 1. The van der Waals surface area contributed by atoms with Gasteiger partial charge >= 0.3 is 0 Å². The summed E-state index contributed by atoms with van der Waals surface area (Å²) in [5.74, 6) is -0.749. The van der Waals surface area contributed by atoms with E-state index < -0.39 is 20.6 Å². The van der Waals surface area contributed by atoms with Crippen molar-refractivity contribution < 1.29 is 22.5 Å². The fraction of sp³-hybridized carbons (Fsp3) is 0.316. The lowest BCUT2D eigenvalue weighted by molar-refractivity contribution is -0.384.